The summed E-state index contributed by atoms with van der Waals surface area (Å²) in [6, 6.07) is 7.63. The van der Waals surface area contributed by atoms with Gasteiger partial charge in [0.15, 0.2) is 0 Å². The number of hydrogen-bond acceptors (Lipinski definition) is 5. The number of hydrogen-bond donors (Lipinski definition) is 3. The molecule has 34 heavy (non-hydrogen) atoms. The lowest BCUT2D eigenvalue weighted by molar-refractivity contribution is -0.129. The van der Waals surface area contributed by atoms with Crippen molar-refractivity contribution in [3.05, 3.63) is 87.9 Å². The van der Waals surface area contributed by atoms with Crippen LogP contribution in [0.2, 0.25) is 0 Å². The maximum Gasteiger partial charge on any atom is 0.335 e. The van der Waals surface area contributed by atoms with Gasteiger partial charge in [0.05, 0.1) is 5.56 Å². The van der Waals surface area contributed by atoms with E-state index in [2.05, 4.69) is 17.2 Å². The molecule has 2 aromatic rings. The fourth-order valence-corrected chi connectivity index (χ4v) is 4.03. The second-order valence-electron chi connectivity index (χ2n) is 7.50. The Labute approximate surface area is 200 Å². The lowest BCUT2D eigenvalue weighted by Crippen LogP contribution is -2.40. The molecule has 3 rings (SSSR count). The maximum atomic E-state index is 12.7. The zero-order valence-corrected chi connectivity index (χ0v) is 19.4. The summed E-state index contributed by atoms with van der Waals surface area (Å²) < 4.78 is 0. The lowest BCUT2D eigenvalue weighted by atomic mass is 10.1. The molecule has 1 aromatic heterocycles. The fourth-order valence-electron chi connectivity index (χ4n) is 3.18. The third-order valence-electron chi connectivity index (χ3n) is 4.65. The van der Waals surface area contributed by atoms with E-state index in [4.69, 9.17) is 0 Å². The molecule has 1 fully saturated rings. The molecule has 8 nitrogen and oxygen atoms in total. The Morgan fingerprint density at radius 2 is 2.00 bits per heavy atom. The molecule has 4 amide bonds. The summed E-state index contributed by atoms with van der Waals surface area (Å²) in [7, 11) is 0. The van der Waals surface area contributed by atoms with Crippen molar-refractivity contribution in [1.29, 1.82) is 0 Å². The number of benzene rings is 1. The van der Waals surface area contributed by atoms with Crippen LogP contribution >= 0.6 is 11.3 Å². The number of carbonyl (C=O) groups is 4. The molecular weight excluding hydrogens is 454 g/mol. The van der Waals surface area contributed by atoms with Crippen molar-refractivity contribution in [2.24, 2.45) is 0 Å². The highest BCUT2D eigenvalue weighted by Crippen LogP contribution is 2.28. The Morgan fingerprint density at radius 1 is 1.24 bits per heavy atom. The van der Waals surface area contributed by atoms with E-state index in [9.17, 15) is 24.3 Å². The third kappa shape index (κ3) is 5.96. The van der Waals surface area contributed by atoms with Gasteiger partial charge in [-0.2, -0.15) is 0 Å². The Kier molecular flexibility index (Phi) is 7.60. The fraction of sp³-hybridized carbons (Fsp3) is 0.120. The van der Waals surface area contributed by atoms with Crippen LogP contribution in [0.3, 0.4) is 0 Å². The maximum absolute atomic E-state index is 12.7. The topological polar surface area (TPSA) is 116 Å². The van der Waals surface area contributed by atoms with Gasteiger partial charge in [-0.05, 0) is 66.8 Å². The molecule has 1 aromatic carbocycles. The number of imide groups is 1. The van der Waals surface area contributed by atoms with Gasteiger partial charge < -0.3 is 15.7 Å². The number of allylic oxidation sites excluding steroid dienone is 4. The summed E-state index contributed by atoms with van der Waals surface area (Å²) in [5, 5.41) is 16.2. The molecule has 0 spiro atoms. The van der Waals surface area contributed by atoms with Crippen molar-refractivity contribution in [1.82, 2.24) is 15.5 Å². The number of aromatic carboxylic acids is 1. The second-order valence-corrected chi connectivity index (χ2v) is 8.44. The zero-order valence-electron chi connectivity index (χ0n) is 18.6. The minimum absolute atomic E-state index is 0.0524. The first-order chi connectivity index (χ1) is 16.2. The highest BCUT2D eigenvalue weighted by molar-refractivity contribution is 7.11. The number of carboxylic acid groups (broad SMARTS) is 1. The summed E-state index contributed by atoms with van der Waals surface area (Å²) in [5.74, 6) is -2.15. The van der Waals surface area contributed by atoms with E-state index in [1.807, 2.05) is 5.38 Å². The molecule has 1 saturated heterocycles. The molecule has 0 saturated carbocycles. The molecule has 3 N–H and O–H groups in total. The van der Waals surface area contributed by atoms with Gasteiger partial charge in [0.25, 0.3) is 5.91 Å². The number of rotatable bonds is 8. The van der Waals surface area contributed by atoms with Crippen LogP contribution < -0.4 is 10.6 Å². The zero-order chi connectivity index (χ0) is 24.8. The number of nitrogens with one attached hydrogen (secondary N) is 2. The van der Waals surface area contributed by atoms with Gasteiger partial charge in [-0.1, -0.05) is 30.4 Å². The van der Waals surface area contributed by atoms with Crippen LogP contribution in [0.25, 0.3) is 17.2 Å². The van der Waals surface area contributed by atoms with Gasteiger partial charge in [0, 0.05) is 10.6 Å². The smallest absolute Gasteiger partial charge is 0.335 e. The molecule has 9 heteroatoms. The Bertz CT molecular complexity index is 1270. The van der Waals surface area contributed by atoms with Crippen molar-refractivity contribution in [2.45, 2.75) is 13.8 Å². The van der Waals surface area contributed by atoms with E-state index in [0.717, 1.165) is 21.6 Å². The van der Waals surface area contributed by atoms with Crippen molar-refractivity contribution in [3.8, 4) is 11.1 Å². The average Bonchev–Trinajstić information content (AvgIpc) is 3.34. The summed E-state index contributed by atoms with van der Waals surface area (Å²) in [5.41, 5.74) is 2.97. The van der Waals surface area contributed by atoms with Crippen molar-refractivity contribution in [2.75, 3.05) is 6.54 Å². The minimum atomic E-state index is -1.02. The normalized spacial score (nSPS) is 15.2. The summed E-state index contributed by atoms with van der Waals surface area (Å²) in [4.78, 5) is 50.2. The van der Waals surface area contributed by atoms with Crippen molar-refractivity contribution < 1.29 is 24.3 Å². The number of amides is 4. The van der Waals surface area contributed by atoms with Crippen molar-refractivity contribution >= 4 is 41.2 Å². The van der Waals surface area contributed by atoms with E-state index in [-0.39, 0.29) is 11.3 Å². The summed E-state index contributed by atoms with van der Waals surface area (Å²) in [6.07, 6.45) is 6.64. The van der Waals surface area contributed by atoms with Crippen LogP contribution in [0.15, 0.2) is 77.5 Å². The molecule has 0 atom stereocenters. The van der Waals surface area contributed by atoms with Gasteiger partial charge in [0.2, 0.25) is 5.91 Å². The first-order valence-corrected chi connectivity index (χ1v) is 11.1. The molecule has 1 aliphatic rings. The second kappa shape index (κ2) is 10.6. The monoisotopic (exact) mass is 477 g/mol. The number of urea groups is 1. The van der Waals surface area contributed by atoms with Crippen LogP contribution in [0, 0.1) is 0 Å². The molecule has 0 radical (unpaired) electrons. The van der Waals surface area contributed by atoms with E-state index in [1.54, 1.807) is 56.3 Å². The van der Waals surface area contributed by atoms with Gasteiger partial charge >= 0.3 is 12.0 Å². The molecular formula is C25H23N3O5S. The molecule has 0 bridgehead atoms. The van der Waals surface area contributed by atoms with Crippen LogP contribution in [0.4, 0.5) is 4.79 Å². The predicted octanol–water partition coefficient (Wildman–Crippen LogP) is 4.16. The van der Waals surface area contributed by atoms with Gasteiger partial charge in [-0.3, -0.25) is 9.59 Å². The van der Waals surface area contributed by atoms with Crippen molar-refractivity contribution in [3.63, 3.8) is 0 Å². The first-order valence-electron chi connectivity index (χ1n) is 10.2. The Hall–Kier alpha value is -4.24. The highest BCUT2D eigenvalue weighted by Gasteiger charge is 2.35. The van der Waals surface area contributed by atoms with Crippen LogP contribution in [-0.4, -0.2) is 40.4 Å². The SMILES string of the molecule is C=C(C)C=C(C=CC)NC(=O)CN1C(=O)NC(=Cc2cc(-c3cccc(C(=O)O)c3)cs2)C1=O. The molecule has 0 aliphatic carbocycles. The standard InChI is InChI=1S/C25H23N3O5S/c1-4-6-19(9-15(2)3)26-22(29)13-28-23(30)21(27-25(28)33)12-20-11-18(14-34-20)16-7-5-8-17(10-16)24(31)32/h4-12,14H,2,13H2,1,3H3,(H,26,29)(H,27,33)(H,31,32). The molecule has 174 valence electrons. The lowest BCUT2D eigenvalue weighted by Gasteiger charge is -2.12. The molecule has 2 heterocycles. The Morgan fingerprint density at radius 3 is 2.68 bits per heavy atom. The van der Waals surface area contributed by atoms with Gasteiger partial charge in [-0.25, -0.2) is 14.5 Å². The number of thiophene rings is 1. The van der Waals surface area contributed by atoms with Gasteiger partial charge in [0.1, 0.15) is 12.2 Å². The minimum Gasteiger partial charge on any atom is -0.478 e. The first kappa shape index (κ1) is 24.4. The summed E-state index contributed by atoms with van der Waals surface area (Å²) >= 11 is 1.33. The highest BCUT2D eigenvalue weighted by atomic mass is 32.1. The van der Waals surface area contributed by atoms with Crippen LogP contribution in [0.1, 0.15) is 29.1 Å². The molecule has 0 unspecified atom stereocenters. The quantitative estimate of drug-likeness (QED) is 0.300. The van der Waals surface area contributed by atoms with E-state index >= 15 is 0 Å². The van der Waals surface area contributed by atoms with E-state index in [1.165, 1.54) is 23.5 Å². The predicted molar refractivity (Wildman–Crippen MR) is 131 cm³/mol. The average molecular weight is 478 g/mol. The van der Waals surface area contributed by atoms with E-state index < -0.39 is 30.4 Å². The Balaban J connectivity index is 1.73. The summed E-state index contributed by atoms with van der Waals surface area (Å²) in [6.45, 7) is 6.91. The largest absolute Gasteiger partial charge is 0.478 e. The number of carboxylic acids is 1. The molecule has 1 aliphatic heterocycles. The van der Waals surface area contributed by atoms with Crippen LogP contribution in [-0.2, 0) is 9.59 Å². The number of carbonyl (C=O) groups excluding carboxylic acids is 3. The van der Waals surface area contributed by atoms with Crippen LogP contribution in [0.5, 0.6) is 0 Å². The third-order valence-corrected chi connectivity index (χ3v) is 5.52. The van der Waals surface area contributed by atoms with Gasteiger partial charge in [-0.15, -0.1) is 11.3 Å². The number of nitrogens with zero attached hydrogens (tertiary/aromatic N) is 1. The van der Waals surface area contributed by atoms with E-state index in [0.29, 0.717) is 10.6 Å².